The van der Waals surface area contributed by atoms with Gasteiger partial charge in [0.1, 0.15) is 0 Å². The number of hydrogen-bond donors (Lipinski definition) is 1. The number of carbonyl (C=O) groups excluding carboxylic acids is 2. The fraction of sp³-hybridized carbons (Fsp3) is 0.417. The number of hydrogen-bond acceptors (Lipinski definition) is 5. The van der Waals surface area contributed by atoms with Crippen molar-refractivity contribution >= 4 is 11.8 Å². The van der Waals surface area contributed by atoms with Crippen LogP contribution in [0.3, 0.4) is 0 Å². The number of benzene rings is 2. The topological polar surface area (TPSA) is 72.8 Å². The minimum Gasteiger partial charge on any atom is -0.504 e. The molecule has 0 heterocycles. The van der Waals surface area contributed by atoms with Gasteiger partial charge in [0.2, 0.25) is 5.75 Å². The molecule has 0 radical (unpaired) electrons. The van der Waals surface area contributed by atoms with Crippen LogP contribution in [0.5, 0.6) is 17.2 Å². The van der Waals surface area contributed by atoms with Crippen molar-refractivity contribution in [2.24, 2.45) is 0 Å². The lowest BCUT2D eigenvalue weighted by atomic mass is 10.0. The predicted molar refractivity (Wildman–Crippen MR) is 113 cm³/mol. The molecule has 29 heavy (non-hydrogen) atoms. The minimum atomic E-state index is -0.506. The van der Waals surface area contributed by atoms with Crippen LogP contribution in [0.1, 0.15) is 74.7 Å². The molecule has 156 valence electrons. The van der Waals surface area contributed by atoms with Gasteiger partial charge in [-0.15, -0.1) is 0 Å². The van der Waals surface area contributed by atoms with Gasteiger partial charge in [-0.3, -0.25) is 9.59 Å². The molecule has 5 heteroatoms. The summed E-state index contributed by atoms with van der Waals surface area (Å²) in [6.07, 6.45) is 6.89. The summed E-state index contributed by atoms with van der Waals surface area (Å²) in [6.45, 7) is 4.30. The number of ketones is 1. The van der Waals surface area contributed by atoms with Crippen molar-refractivity contribution in [1.82, 2.24) is 0 Å². The first kappa shape index (κ1) is 22.5. The Kier molecular flexibility index (Phi) is 9.22. The fourth-order valence-electron chi connectivity index (χ4n) is 2.94. The van der Waals surface area contributed by atoms with Crippen LogP contribution >= 0.6 is 0 Å². The molecule has 0 saturated heterocycles. The Bertz CT molecular complexity index is 798. The number of aromatic hydroxyl groups is 1. The van der Waals surface area contributed by atoms with E-state index in [4.69, 9.17) is 9.47 Å². The molecule has 5 nitrogen and oxygen atoms in total. The average molecular weight is 398 g/mol. The summed E-state index contributed by atoms with van der Waals surface area (Å²) in [4.78, 5) is 24.6. The molecule has 2 aromatic rings. The van der Waals surface area contributed by atoms with Gasteiger partial charge >= 0.3 is 5.97 Å². The van der Waals surface area contributed by atoms with Gasteiger partial charge < -0.3 is 14.6 Å². The first-order chi connectivity index (χ1) is 14.1. The SMILES string of the molecule is CCCCCCCCOc1ccc(C(=O)c2ccccc2)c(O)c1OC(=O)CC. The maximum atomic E-state index is 12.7. The number of unbranched alkanes of at least 4 members (excludes halogenated alkanes) is 5. The molecule has 0 unspecified atom stereocenters. The average Bonchev–Trinajstić information content (AvgIpc) is 2.75. The van der Waals surface area contributed by atoms with Gasteiger partial charge in [-0.05, 0) is 18.6 Å². The quantitative estimate of drug-likeness (QED) is 0.216. The molecule has 0 aromatic heterocycles. The summed E-state index contributed by atoms with van der Waals surface area (Å²) in [5, 5.41) is 10.7. The predicted octanol–water partition coefficient (Wildman–Crippen LogP) is 5.68. The highest BCUT2D eigenvalue weighted by Gasteiger charge is 2.22. The van der Waals surface area contributed by atoms with E-state index < -0.39 is 5.97 Å². The van der Waals surface area contributed by atoms with Crippen LogP contribution in [-0.2, 0) is 4.79 Å². The standard InChI is InChI=1S/C24H30O5/c1-3-5-6-7-8-12-17-28-20-16-15-19(22(26)18-13-10-9-11-14-18)23(27)24(20)29-21(25)4-2/h9-11,13-16,27H,3-8,12,17H2,1-2H3. The van der Waals surface area contributed by atoms with Crippen molar-refractivity contribution in [3.8, 4) is 17.2 Å². The van der Waals surface area contributed by atoms with E-state index in [1.54, 1.807) is 37.3 Å². The van der Waals surface area contributed by atoms with Crippen LogP contribution < -0.4 is 9.47 Å². The smallest absolute Gasteiger partial charge is 0.311 e. The molecular formula is C24H30O5. The Hall–Kier alpha value is -2.82. The third-order valence-corrected chi connectivity index (χ3v) is 4.64. The third kappa shape index (κ3) is 6.63. The molecule has 0 aliphatic carbocycles. The van der Waals surface area contributed by atoms with Crippen molar-refractivity contribution in [1.29, 1.82) is 0 Å². The maximum absolute atomic E-state index is 12.7. The maximum Gasteiger partial charge on any atom is 0.311 e. The Morgan fingerprint density at radius 3 is 2.28 bits per heavy atom. The molecule has 2 aromatic carbocycles. The number of esters is 1. The molecule has 0 amide bonds. The second kappa shape index (κ2) is 11.9. The Labute approximate surface area is 172 Å². The number of carbonyl (C=O) groups is 2. The van der Waals surface area contributed by atoms with E-state index in [0.717, 1.165) is 19.3 Å². The highest BCUT2D eigenvalue weighted by atomic mass is 16.6. The first-order valence-electron chi connectivity index (χ1n) is 10.4. The van der Waals surface area contributed by atoms with Gasteiger partial charge in [-0.25, -0.2) is 0 Å². The second-order valence-electron chi connectivity index (χ2n) is 6.93. The number of rotatable bonds is 12. The third-order valence-electron chi connectivity index (χ3n) is 4.64. The molecule has 1 N–H and O–H groups in total. The zero-order valence-corrected chi connectivity index (χ0v) is 17.3. The summed E-state index contributed by atoms with van der Waals surface area (Å²) in [7, 11) is 0. The van der Waals surface area contributed by atoms with Crippen LogP contribution in [0, 0.1) is 0 Å². The van der Waals surface area contributed by atoms with E-state index in [0.29, 0.717) is 12.2 Å². The number of phenolic OH excluding ortho intramolecular Hbond substituents is 1. The fourth-order valence-corrected chi connectivity index (χ4v) is 2.94. The van der Waals surface area contributed by atoms with E-state index in [-0.39, 0.29) is 35.0 Å². The van der Waals surface area contributed by atoms with Crippen LogP contribution in [-0.4, -0.2) is 23.5 Å². The van der Waals surface area contributed by atoms with E-state index in [1.807, 2.05) is 6.07 Å². The highest BCUT2D eigenvalue weighted by molar-refractivity contribution is 6.11. The van der Waals surface area contributed by atoms with Crippen molar-refractivity contribution < 1.29 is 24.2 Å². The van der Waals surface area contributed by atoms with Crippen molar-refractivity contribution in [2.75, 3.05) is 6.61 Å². The van der Waals surface area contributed by atoms with Gasteiger partial charge in [-0.2, -0.15) is 0 Å². The van der Waals surface area contributed by atoms with Gasteiger partial charge in [0.05, 0.1) is 12.2 Å². The lowest BCUT2D eigenvalue weighted by molar-refractivity contribution is -0.134. The Balaban J connectivity index is 2.15. The molecule has 0 fully saturated rings. The first-order valence-corrected chi connectivity index (χ1v) is 10.4. The van der Waals surface area contributed by atoms with Crippen LogP contribution in [0.25, 0.3) is 0 Å². The zero-order chi connectivity index (χ0) is 21.1. The molecule has 0 atom stereocenters. The molecule has 0 bridgehead atoms. The summed E-state index contributed by atoms with van der Waals surface area (Å²) >= 11 is 0. The van der Waals surface area contributed by atoms with E-state index in [2.05, 4.69) is 6.92 Å². The van der Waals surface area contributed by atoms with Crippen molar-refractivity contribution in [2.45, 2.75) is 58.8 Å². The molecular weight excluding hydrogens is 368 g/mol. The highest BCUT2D eigenvalue weighted by Crippen LogP contribution is 2.40. The van der Waals surface area contributed by atoms with Crippen molar-refractivity contribution in [3.05, 3.63) is 53.6 Å². The van der Waals surface area contributed by atoms with Gasteiger partial charge in [0, 0.05) is 12.0 Å². The Morgan fingerprint density at radius 2 is 1.59 bits per heavy atom. The number of phenols is 1. The van der Waals surface area contributed by atoms with E-state index >= 15 is 0 Å². The molecule has 0 saturated carbocycles. The molecule has 2 rings (SSSR count). The summed E-state index contributed by atoms with van der Waals surface area (Å²) in [5.41, 5.74) is 0.512. The number of ether oxygens (including phenoxy) is 2. The summed E-state index contributed by atoms with van der Waals surface area (Å²) < 4.78 is 11.1. The lowest BCUT2D eigenvalue weighted by Gasteiger charge is -2.15. The zero-order valence-electron chi connectivity index (χ0n) is 17.3. The van der Waals surface area contributed by atoms with Gasteiger partial charge in [0.15, 0.2) is 17.3 Å². The Morgan fingerprint density at radius 1 is 0.897 bits per heavy atom. The molecule has 0 spiro atoms. The summed E-state index contributed by atoms with van der Waals surface area (Å²) in [5.74, 6) is -1.05. The molecule has 0 aliphatic rings. The van der Waals surface area contributed by atoms with Crippen LogP contribution in [0.4, 0.5) is 0 Å². The van der Waals surface area contributed by atoms with Crippen LogP contribution in [0.15, 0.2) is 42.5 Å². The van der Waals surface area contributed by atoms with E-state index in [1.165, 1.54) is 25.3 Å². The summed E-state index contributed by atoms with van der Waals surface area (Å²) in [6, 6.07) is 11.7. The largest absolute Gasteiger partial charge is 0.504 e. The van der Waals surface area contributed by atoms with E-state index in [9.17, 15) is 14.7 Å². The van der Waals surface area contributed by atoms with Gasteiger partial charge in [0.25, 0.3) is 0 Å². The van der Waals surface area contributed by atoms with Crippen molar-refractivity contribution in [3.63, 3.8) is 0 Å². The normalized spacial score (nSPS) is 10.6. The molecule has 0 aliphatic heterocycles. The monoisotopic (exact) mass is 398 g/mol. The lowest BCUT2D eigenvalue weighted by Crippen LogP contribution is -2.10. The van der Waals surface area contributed by atoms with Gasteiger partial charge in [-0.1, -0.05) is 76.3 Å². The second-order valence-corrected chi connectivity index (χ2v) is 6.93. The van der Waals surface area contributed by atoms with Crippen LogP contribution in [0.2, 0.25) is 0 Å². The minimum absolute atomic E-state index is 0.0713.